The van der Waals surface area contributed by atoms with Gasteiger partial charge in [0.05, 0.1) is 0 Å². The lowest BCUT2D eigenvalue weighted by atomic mass is 10.1. The molecule has 4 heteroatoms. The van der Waals surface area contributed by atoms with Crippen molar-refractivity contribution in [2.24, 2.45) is 0 Å². The lowest BCUT2D eigenvalue weighted by Gasteiger charge is -2.29. The van der Waals surface area contributed by atoms with Crippen LogP contribution in [0.15, 0.2) is 37.1 Å². The third-order valence-corrected chi connectivity index (χ3v) is 3.86. The van der Waals surface area contributed by atoms with Crippen LogP contribution < -0.4 is 4.74 Å². The summed E-state index contributed by atoms with van der Waals surface area (Å²) in [6.07, 6.45) is 8.11. The molecule has 1 aliphatic rings. The molecule has 22 heavy (non-hydrogen) atoms. The normalized spacial score (nSPS) is 17.7. The summed E-state index contributed by atoms with van der Waals surface area (Å²) in [5.74, 6) is 0.723. The van der Waals surface area contributed by atoms with Crippen molar-refractivity contribution in [3.8, 4) is 5.88 Å². The molecule has 0 amide bonds. The van der Waals surface area contributed by atoms with Gasteiger partial charge in [0.25, 0.3) is 0 Å². The number of likely N-dealkylation sites (tertiary alicyclic amines) is 1. The first-order valence-corrected chi connectivity index (χ1v) is 7.86. The number of aromatic nitrogens is 1. The number of nitrogens with zero attached hydrogens (tertiary/aromatic N) is 3. The molecule has 0 radical (unpaired) electrons. The molecule has 0 aliphatic carbocycles. The summed E-state index contributed by atoms with van der Waals surface area (Å²) in [6, 6.07) is 4.07. The second-order valence-corrected chi connectivity index (χ2v) is 6.17. The zero-order valence-electron chi connectivity index (χ0n) is 14.0. The largest absolute Gasteiger partial charge is 0.474 e. The SMILES string of the molecule is C=C/C=C(\CN(C)C)c1ccnc(OC2CCN(C)CC2)c1. The number of ether oxygens (including phenoxy) is 1. The Balaban J connectivity index is 2.08. The van der Waals surface area contributed by atoms with Crippen molar-refractivity contribution < 1.29 is 4.74 Å². The zero-order chi connectivity index (χ0) is 15.9. The lowest BCUT2D eigenvalue weighted by molar-refractivity contribution is 0.110. The minimum absolute atomic E-state index is 0.277. The molecule has 1 saturated heterocycles. The summed E-state index contributed by atoms with van der Waals surface area (Å²) < 4.78 is 6.07. The van der Waals surface area contributed by atoms with Crippen LogP contribution in [-0.2, 0) is 0 Å². The van der Waals surface area contributed by atoms with E-state index in [0.29, 0.717) is 0 Å². The van der Waals surface area contributed by atoms with Crippen molar-refractivity contribution in [2.45, 2.75) is 18.9 Å². The second kappa shape index (κ2) is 8.11. The maximum Gasteiger partial charge on any atom is 0.214 e. The number of piperidine rings is 1. The van der Waals surface area contributed by atoms with Gasteiger partial charge in [0, 0.05) is 31.9 Å². The molecular weight excluding hydrogens is 274 g/mol. The van der Waals surface area contributed by atoms with Crippen LogP contribution >= 0.6 is 0 Å². The third-order valence-electron chi connectivity index (χ3n) is 3.86. The molecule has 0 spiro atoms. The zero-order valence-corrected chi connectivity index (χ0v) is 14.0. The molecule has 0 saturated carbocycles. The highest BCUT2D eigenvalue weighted by atomic mass is 16.5. The number of hydrogen-bond donors (Lipinski definition) is 0. The van der Waals surface area contributed by atoms with E-state index in [-0.39, 0.29) is 6.10 Å². The first kappa shape index (κ1) is 16.7. The maximum absolute atomic E-state index is 6.07. The molecule has 120 valence electrons. The van der Waals surface area contributed by atoms with Crippen molar-refractivity contribution in [2.75, 3.05) is 40.8 Å². The van der Waals surface area contributed by atoms with Crippen LogP contribution in [0.3, 0.4) is 0 Å². The molecule has 0 bridgehead atoms. The van der Waals surface area contributed by atoms with Gasteiger partial charge >= 0.3 is 0 Å². The van der Waals surface area contributed by atoms with Gasteiger partial charge in [-0.1, -0.05) is 18.7 Å². The molecule has 0 N–H and O–H groups in total. The molecule has 1 fully saturated rings. The third kappa shape index (κ3) is 4.97. The van der Waals surface area contributed by atoms with Gasteiger partial charge in [0.1, 0.15) is 6.10 Å². The van der Waals surface area contributed by atoms with Crippen molar-refractivity contribution in [1.82, 2.24) is 14.8 Å². The average molecular weight is 301 g/mol. The van der Waals surface area contributed by atoms with E-state index < -0.39 is 0 Å². The Bertz CT molecular complexity index is 517. The molecule has 0 aromatic carbocycles. The van der Waals surface area contributed by atoms with Crippen molar-refractivity contribution in [3.63, 3.8) is 0 Å². The van der Waals surface area contributed by atoms with Gasteiger partial charge in [-0.15, -0.1) is 0 Å². The number of likely N-dealkylation sites (N-methyl/N-ethyl adjacent to an activating group) is 1. The molecule has 0 atom stereocenters. The summed E-state index contributed by atoms with van der Waals surface area (Å²) in [7, 11) is 6.28. The summed E-state index contributed by atoms with van der Waals surface area (Å²) in [5, 5.41) is 0. The monoisotopic (exact) mass is 301 g/mol. The number of allylic oxidation sites excluding steroid dienone is 2. The Labute approximate surface area is 134 Å². The maximum atomic E-state index is 6.07. The van der Waals surface area contributed by atoms with E-state index in [0.717, 1.165) is 43.9 Å². The average Bonchev–Trinajstić information content (AvgIpc) is 2.49. The highest BCUT2D eigenvalue weighted by Gasteiger charge is 2.18. The van der Waals surface area contributed by atoms with Crippen LogP contribution in [0.1, 0.15) is 18.4 Å². The second-order valence-electron chi connectivity index (χ2n) is 6.17. The smallest absolute Gasteiger partial charge is 0.214 e. The molecular formula is C18H27N3O. The van der Waals surface area contributed by atoms with E-state index in [2.05, 4.69) is 48.6 Å². The Morgan fingerprint density at radius 1 is 1.45 bits per heavy atom. The number of rotatable bonds is 6. The van der Waals surface area contributed by atoms with Gasteiger partial charge in [-0.3, -0.25) is 0 Å². The minimum Gasteiger partial charge on any atom is -0.474 e. The first-order chi connectivity index (χ1) is 10.6. The molecule has 1 aromatic heterocycles. The Hall–Kier alpha value is -1.65. The topological polar surface area (TPSA) is 28.6 Å². The van der Waals surface area contributed by atoms with Crippen molar-refractivity contribution >= 4 is 5.57 Å². The molecule has 2 rings (SSSR count). The first-order valence-electron chi connectivity index (χ1n) is 7.86. The standard InChI is InChI=1S/C18H27N3O/c1-5-6-16(14-20(2)3)15-7-10-19-18(13-15)22-17-8-11-21(4)12-9-17/h5-7,10,13,17H,1,8-9,11-12,14H2,2-4H3/b16-6+. The highest BCUT2D eigenvalue weighted by Crippen LogP contribution is 2.22. The van der Waals surface area contributed by atoms with Crippen LogP contribution in [0.25, 0.3) is 5.57 Å². The van der Waals surface area contributed by atoms with Gasteiger partial charge < -0.3 is 14.5 Å². The van der Waals surface area contributed by atoms with E-state index in [4.69, 9.17) is 4.74 Å². The fourth-order valence-corrected chi connectivity index (χ4v) is 2.67. The van der Waals surface area contributed by atoms with Crippen molar-refractivity contribution in [1.29, 1.82) is 0 Å². The van der Waals surface area contributed by atoms with Gasteiger partial charge in [-0.2, -0.15) is 0 Å². The predicted octanol–water partition coefficient (Wildman–Crippen LogP) is 2.69. The van der Waals surface area contributed by atoms with Crippen LogP contribution in [0.2, 0.25) is 0 Å². The van der Waals surface area contributed by atoms with Crippen LogP contribution in [0.4, 0.5) is 0 Å². The summed E-state index contributed by atoms with van der Waals surface area (Å²) in [6.45, 7) is 6.85. The Morgan fingerprint density at radius 3 is 2.82 bits per heavy atom. The van der Waals surface area contributed by atoms with E-state index in [1.165, 1.54) is 5.57 Å². The van der Waals surface area contributed by atoms with E-state index in [9.17, 15) is 0 Å². The van der Waals surface area contributed by atoms with Gasteiger partial charge in [-0.05, 0) is 51.2 Å². The van der Waals surface area contributed by atoms with E-state index >= 15 is 0 Å². The Kier molecular flexibility index (Phi) is 6.16. The summed E-state index contributed by atoms with van der Waals surface area (Å²) in [5.41, 5.74) is 2.36. The van der Waals surface area contributed by atoms with Gasteiger partial charge in [-0.25, -0.2) is 4.98 Å². The lowest BCUT2D eigenvalue weighted by Crippen LogP contribution is -2.35. The number of pyridine rings is 1. The molecule has 0 unspecified atom stereocenters. The number of hydrogen-bond acceptors (Lipinski definition) is 4. The molecule has 1 aliphatic heterocycles. The summed E-state index contributed by atoms with van der Waals surface area (Å²) >= 11 is 0. The van der Waals surface area contributed by atoms with E-state index in [1.807, 2.05) is 24.4 Å². The van der Waals surface area contributed by atoms with Crippen LogP contribution in [-0.4, -0.2) is 61.7 Å². The van der Waals surface area contributed by atoms with E-state index in [1.54, 1.807) is 0 Å². The van der Waals surface area contributed by atoms with Crippen molar-refractivity contribution in [3.05, 3.63) is 42.6 Å². The highest BCUT2D eigenvalue weighted by molar-refractivity contribution is 5.68. The predicted molar refractivity (Wildman–Crippen MR) is 92.1 cm³/mol. The molecule has 1 aromatic rings. The Morgan fingerprint density at radius 2 is 2.18 bits per heavy atom. The fraction of sp³-hybridized carbons (Fsp3) is 0.500. The summed E-state index contributed by atoms with van der Waals surface area (Å²) in [4.78, 5) is 8.86. The minimum atomic E-state index is 0.277. The quantitative estimate of drug-likeness (QED) is 0.755. The molecule has 2 heterocycles. The van der Waals surface area contributed by atoms with Gasteiger partial charge in [0.2, 0.25) is 5.88 Å². The fourth-order valence-electron chi connectivity index (χ4n) is 2.67. The molecule has 4 nitrogen and oxygen atoms in total. The van der Waals surface area contributed by atoms with Gasteiger partial charge in [0.15, 0.2) is 0 Å². The van der Waals surface area contributed by atoms with Crippen LogP contribution in [0.5, 0.6) is 5.88 Å². The van der Waals surface area contributed by atoms with Crippen LogP contribution in [0, 0.1) is 0 Å².